The number of urea groups is 1. The molecule has 0 aliphatic carbocycles. The fourth-order valence-corrected chi connectivity index (χ4v) is 3.37. The van der Waals surface area contributed by atoms with E-state index in [1.807, 2.05) is 49.4 Å². The van der Waals surface area contributed by atoms with E-state index in [9.17, 15) is 4.79 Å². The Morgan fingerprint density at radius 1 is 0.935 bits per heavy atom. The summed E-state index contributed by atoms with van der Waals surface area (Å²) < 4.78 is 0. The number of nitrogens with zero attached hydrogens (tertiary/aromatic N) is 3. The number of carbonyl (C=O) groups is 1. The van der Waals surface area contributed by atoms with Gasteiger partial charge >= 0.3 is 6.03 Å². The topological polar surface area (TPSA) is 79.8 Å². The number of benzene rings is 2. The Kier molecular flexibility index (Phi) is 6.47. The van der Waals surface area contributed by atoms with E-state index < -0.39 is 0 Å². The Bertz CT molecular complexity index is 1180. The van der Waals surface area contributed by atoms with Gasteiger partial charge in [-0.1, -0.05) is 54.1 Å². The van der Waals surface area contributed by atoms with Gasteiger partial charge in [0.15, 0.2) is 5.65 Å². The van der Waals surface area contributed by atoms with Crippen molar-refractivity contribution in [1.29, 1.82) is 0 Å². The Morgan fingerprint density at radius 2 is 1.81 bits per heavy atom. The van der Waals surface area contributed by atoms with E-state index >= 15 is 0 Å². The molecule has 0 spiro atoms. The van der Waals surface area contributed by atoms with E-state index in [2.05, 4.69) is 43.8 Å². The highest BCUT2D eigenvalue weighted by molar-refractivity contribution is 5.89. The van der Waals surface area contributed by atoms with Gasteiger partial charge in [-0.05, 0) is 49.9 Å². The number of rotatable bonds is 7. The van der Waals surface area contributed by atoms with Gasteiger partial charge in [-0.2, -0.15) is 0 Å². The van der Waals surface area contributed by atoms with Gasteiger partial charge in [0.25, 0.3) is 0 Å². The van der Waals surface area contributed by atoms with Crippen molar-refractivity contribution in [3.63, 3.8) is 0 Å². The van der Waals surface area contributed by atoms with Gasteiger partial charge in [0.05, 0.1) is 11.9 Å². The van der Waals surface area contributed by atoms with Crippen LogP contribution in [0.2, 0.25) is 0 Å². The van der Waals surface area contributed by atoms with Crippen LogP contribution < -0.4 is 10.6 Å². The van der Waals surface area contributed by atoms with Gasteiger partial charge in [0.1, 0.15) is 11.3 Å². The van der Waals surface area contributed by atoms with Crippen LogP contribution in [-0.2, 0) is 6.42 Å². The number of hydrogen-bond donors (Lipinski definition) is 2. The summed E-state index contributed by atoms with van der Waals surface area (Å²) in [6, 6.07) is 21.7. The molecule has 0 radical (unpaired) electrons. The summed E-state index contributed by atoms with van der Waals surface area (Å²) in [5.74, 6) is 0.449. The molecule has 0 atom stereocenters. The number of aryl methyl sites for hydroxylation is 2. The van der Waals surface area contributed by atoms with E-state index in [0.717, 1.165) is 36.1 Å². The van der Waals surface area contributed by atoms with Crippen molar-refractivity contribution in [3.05, 3.63) is 84.1 Å². The maximum Gasteiger partial charge on any atom is 0.320 e. The predicted octanol–water partition coefficient (Wildman–Crippen LogP) is 5.14. The number of anilines is 1. The summed E-state index contributed by atoms with van der Waals surface area (Å²) in [4.78, 5) is 25.7. The first-order valence-corrected chi connectivity index (χ1v) is 10.5. The second-order valence-electron chi connectivity index (χ2n) is 7.49. The molecule has 0 aliphatic heterocycles. The number of amides is 2. The van der Waals surface area contributed by atoms with E-state index in [4.69, 9.17) is 0 Å². The van der Waals surface area contributed by atoms with Gasteiger partial charge in [0, 0.05) is 12.1 Å². The molecule has 2 heterocycles. The largest absolute Gasteiger partial charge is 0.338 e. The quantitative estimate of drug-likeness (QED) is 0.413. The van der Waals surface area contributed by atoms with Crippen molar-refractivity contribution >= 4 is 23.0 Å². The van der Waals surface area contributed by atoms with Crippen LogP contribution >= 0.6 is 0 Å². The number of carbonyl (C=O) groups excluding carboxylic acids is 1. The molecule has 2 amide bonds. The lowest BCUT2D eigenvalue weighted by molar-refractivity contribution is 0.252. The minimum absolute atomic E-state index is 0.269. The van der Waals surface area contributed by atoms with Crippen molar-refractivity contribution in [2.45, 2.75) is 26.2 Å². The molecule has 4 aromatic rings. The summed E-state index contributed by atoms with van der Waals surface area (Å²) in [5.41, 5.74) is 5.40. The van der Waals surface area contributed by atoms with Crippen LogP contribution in [0.1, 0.15) is 24.0 Å². The molecule has 31 heavy (non-hydrogen) atoms. The van der Waals surface area contributed by atoms with Crippen molar-refractivity contribution in [3.8, 4) is 11.3 Å². The smallest absolute Gasteiger partial charge is 0.320 e. The zero-order valence-corrected chi connectivity index (χ0v) is 17.5. The highest BCUT2D eigenvalue weighted by atomic mass is 16.2. The van der Waals surface area contributed by atoms with Gasteiger partial charge in [-0.15, -0.1) is 0 Å². The highest BCUT2D eigenvalue weighted by Gasteiger charge is 2.07. The maximum atomic E-state index is 12.2. The van der Waals surface area contributed by atoms with Crippen LogP contribution in [0.3, 0.4) is 0 Å². The predicted molar refractivity (Wildman–Crippen MR) is 124 cm³/mol. The average molecular weight is 412 g/mol. The number of fused-ring (bicyclic) bond motifs is 1. The third kappa shape index (κ3) is 5.63. The summed E-state index contributed by atoms with van der Waals surface area (Å²) in [5, 5.41) is 5.66. The van der Waals surface area contributed by atoms with Gasteiger partial charge < -0.3 is 5.32 Å². The second-order valence-corrected chi connectivity index (χ2v) is 7.49. The molecule has 2 aromatic heterocycles. The first-order chi connectivity index (χ1) is 15.2. The van der Waals surface area contributed by atoms with Crippen LogP contribution in [0.4, 0.5) is 10.6 Å². The lowest BCUT2D eigenvalue weighted by Crippen LogP contribution is -2.29. The van der Waals surface area contributed by atoms with Crippen LogP contribution in [0, 0.1) is 6.92 Å². The molecule has 2 N–H and O–H groups in total. The molecule has 0 unspecified atom stereocenters. The SMILES string of the molecule is Cc1cccc(-c2cnc3ccc(NC(=O)NCCCCc4ccccc4)nc3n2)c1. The molecule has 6 nitrogen and oxygen atoms in total. The average Bonchev–Trinajstić information content (AvgIpc) is 2.79. The zero-order chi connectivity index (χ0) is 21.5. The lowest BCUT2D eigenvalue weighted by Gasteiger charge is -2.08. The van der Waals surface area contributed by atoms with Gasteiger partial charge in [0.2, 0.25) is 0 Å². The molecular formula is C25H25N5O. The minimum atomic E-state index is -0.269. The van der Waals surface area contributed by atoms with Crippen LogP contribution in [0.15, 0.2) is 72.9 Å². The molecule has 0 saturated carbocycles. The Labute approximate surface area is 181 Å². The van der Waals surface area contributed by atoms with Crippen LogP contribution in [0.5, 0.6) is 0 Å². The lowest BCUT2D eigenvalue weighted by atomic mass is 10.1. The number of unbranched alkanes of at least 4 members (excludes halogenated alkanes) is 1. The molecule has 2 aromatic carbocycles. The third-order valence-electron chi connectivity index (χ3n) is 4.98. The van der Waals surface area contributed by atoms with Crippen molar-refractivity contribution in [1.82, 2.24) is 20.3 Å². The van der Waals surface area contributed by atoms with Crippen LogP contribution in [-0.4, -0.2) is 27.5 Å². The fraction of sp³-hybridized carbons (Fsp3) is 0.200. The van der Waals surface area contributed by atoms with E-state index in [-0.39, 0.29) is 6.03 Å². The highest BCUT2D eigenvalue weighted by Crippen LogP contribution is 2.20. The normalized spacial score (nSPS) is 10.7. The molecule has 156 valence electrons. The number of hydrogen-bond acceptors (Lipinski definition) is 4. The summed E-state index contributed by atoms with van der Waals surface area (Å²) in [6.07, 6.45) is 4.70. The number of aromatic nitrogens is 3. The Hall–Kier alpha value is -3.80. The number of nitrogens with one attached hydrogen (secondary N) is 2. The van der Waals surface area contributed by atoms with Crippen molar-refractivity contribution in [2.75, 3.05) is 11.9 Å². The summed E-state index contributed by atoms with van der Waals surface area (Å²) in [7, 11) is 0. The first kappa shape index (κ1) is 20.5. The second kappa shape index (κ2) is 9.80. The molecule has 0 fully saturated rings. The number of pyridine rings is 1. The Balaban J connectivity index is 1.33. The maximum absolute atomic E-state index is 12.2. The van der Waals surface area contributed by atoms with E-state index in [1.54, 1.807) is 12.3 Å². The van der Waals surface area contributed by atoms with E-state index in [0.29, 0.717) is 23.5 Å². The monoisotopic (exact) mass is 411 g/mol. The van der Waals surface area contributed by atoms with Crippen molar-refractivity contribution < 1.29 is 4.79 Å². The Morgan fingerprint density at radius 3 is 2.65 bits per heavy atom. The zero-order valence-electron chi connectivity index (χ0n) is 17.5. The minimum Gasteiger partial charge on any atom is -0.338 e. The molecule has 0 saturated heterocycles. The fourth-order valence-electron chi connectivity index (χ4n) is 3.37. The van der Waals surface area contributed by atoms with Crippen molar-refractivity contribution in [2.24, 2.45) is 0 Å². The third-order valence-corrected chi connectivity index (χ3v) is 4.98. The molecule has 0 aliphatic rings. The summed E-state index contributed by atoms with van der Waals surface area (Å²) >= 11 is 0. The molecular weight excluding hydrogens is 386 g/mol. The van der Waals surface area contributed by atoms with Crippen LogP contribution in [0.25, 0.3) is 22.4 Å². The molecule has 0 bridgehead atoms. The van der Waals surface area contributed by atoms with Gasteiger partial charge in [-0.25, -0.2) is 14.8 Å². The first-order valence-electron chi connectivity index (χ1n) is 10.5. The van der Waals surface area contributed by atoms with Gasteiger partial charge in [-0.3, -0.25) is 10.3 Å². The summed E-state index contributed by atoms with van der Waals surface area (Å²) in [6.45, 7) is 2.65. The standard InChI is InChI=1S/C25H25N5O/c1-18-8-7-12-20(16-18)22-17-27-21-13-14-23(29-24(21)28-22)30-25(31)26-15-6-5-11-19-9-3-2-4-10-19/h2-4,7-10,12-14,16-17H,5-6,11,15H2,1H3,(H2,26,28,29,30,31). The molecule has 4 rings (SSSR count). The molecule has 6 heteroatoms. The van der Waals surface area contributed by atoms with E-state index in [1.165, 1.54) is 5.56 Å².